The van der Waals surface area contributed by atoms with E-state index in [9.17, 15) is 14.7 Å². The van der Waals surface area contributed by atoms with Crippen molar-refractivity contribution in [3.05, 3.63) is 57.4 Å². The highest BCUT2D eigenvalue weighted by atomic mass is 35.5. The summed E-state index contributed by atoms with van der Waals surface area (Å²) in [5, 5.41) is 12.7. The lowest BCUT2D eigenvalue weighted by Gasteiger charge is -2.21. The molecule has 30 heavy (non-hydrogen) atoms. The number of aliphatic carboxylic acids is 1. The summed E-state index contributed by atoms with van der Waals surface area (Å²) < 4.78 is 15.1. The fourth-order valence-corrected chi connectivity index (χ4v) is 3.99. The Hall–Kier alpha value is -2.40. The van der Waals surface area contributed by atoms with Crippen molar-refractivity contribution in [2.75, 3.05) is 0 Å². The molecule has 2 aromatic rings. The monoisotopic (exact) mass is 433 g/mol. The molecule has 0 saturated carbocycles. The lowest BCUT2D eigenvalue weighted by Crippen LogP contribution is -2.31. The summed E-state index contributed by atoms with van der Waals surface area (Å²) in [4.78, 5) is 23.8. The molecular weight excluding hydrogens is 405 g/mol. The molecule has 0 aliphatic carbocycles. The molecule has 0 fully saturated rings. The molecular formula is C24H29ClFNO3. The summed E-state index contributed by atoms with van der Waals surface area (Å²) in [6.07, 6.45) is 0.547. The van der Waals surface area contributed by atoms with Crippen LogP contribution < -0.4 is 5.32 Å². The van der Waals surface area contributed by atoms with Gasteiger partial charge in [0, 0.05) is 17.0 Å². The van der Waals surface area contributed by atoms with Crippen molar-refractivity contribution in [1.82, 2.24) is 5.32 Å². The SMILES string of the molecule is Cc1cc(-c2c(C)cc(Cl)cc2C)cc(C(CC(=O)O)NC(=O)CCC(C)C)c1F. The number of hydrogen-bond donors (Lipinski definition) is 2. The summed E-state index contributed by atoms with van der Waals surface area (Å²) in [6.45, 7) is 9.50. The molecule has 0 spiro atoms. The number of aryl methyl sites for hydroxylation is 3. The van der Waals surface area contributed by atoms with Gasteiger partial charge in [-0.15, -0.1) is 0 Å². The van der Waals surface area contributed by atoms with Gasteiger partial charge in [0.05, 0.1) is 12.5 Å². The molecule has 162 valence electrons. The van der Waals surface area contributed by atoms with Crippen LogP contribution in [0.5, 0.6) is 0 Å². The quantitative estimate of drug-likeness (QED) is 0.525. The Morgan fingerprint density at radius 3 is 2.20 bits per heavy atom. The van der Waals surface area contributed by atoms with Crippen LogP contribution in [0.3, 0.4) is 0 Å². The fourth-order valence-electron chi connectivity index (χ4n) is 3.66. The molecule has 1 amide bonds. The van der Waals surface area contributed by atoms with Crippen molar-refractivity contribution < 1.29 is 19.1 Å². The van der Waals surface area contributed by atoms with Gasteiger partial charge in [-0.05, 0) is 85.2 Å². The zero-order valence-electron chi connectivity index (χ0n) is 18.1. The number of halogens is 2. The van der Waals surface area contributed by atoms with Crippen molar-refractivity contribution in [3.63, 3.8) is 0 Å². The van der Waals surface area contributed by atoms with Gasteiger partial charge < -0.3 is 10.4 Å². The van der Waals surface area contributed by atoms with Gasteiger partial charge in [0.2, 0.25) is 5.91 Å². The normalized spacial score (nSPS) is 12.1. The summed E-state index contributed by atoms with van der Waals surface area (Å²) >= 11 is 6.14. The Balaban J connectivity index is 2.51. The van der Waals surface area contributed by atoms with Gasteiger partial charge in [-0.1, -0.05) is 25.4 Å². The van der Waals surface area contributed by atoms with Gasteiger partial charge in [-0.2, -0.15) is 0 Å². The molecule has 4 nitrogen and oxygen atoms in total. The molecule has 0 radical (unpaired) electrons. The van der Waals surface area contributed by atoms with E-state index in [1.54, 1.807) is 19.1 Å². The van der Waals surface area contributed by atoms with Crippen LogP contribution in [-0.4, -0.2) is 17.0 Å². The van der Waals surface area contributed by atoms with E-state index in [0.29, 0.717) is 22.9 Å². The highest BCUT2D eigenvalue weighted by molar-refractivity contribution is 6.30. The number of amides is 1. The third kappa shape index (κ3) is 6.05. The molecule has 0 aliphatic heterocycles. The fraction of sp³-hybridized carbons (Fsp3) is 0.417. The van der Waals surface area contributed by atoms with Crippen molar-refractivity contribution in [3.8, 4) is 11.1 Å². The third-order valence-electron chi connectivity index (χ3n) is 5.11. The number of hydrogen-bond acceptors (Lipinski definition) is 2. The Bertz CT molecular complexity index is 933. The number of benzene rings is 2. The second kappa shape index (κ2) is 10.1. The number of rotatable bonds is 8. The minimum atomic E-state index is -1.11. The van der Waals surface area contributed by atoms with E-state index in [-0.39, 0.29) is 17.9 Å². The van der Waals surface area contributed by atoms with Crippen molar-refractivity contribution in [2.24, 2.45) is 5.92 Å². The van der Waals surface area contributed by atoms with Gasteiger partial charge in [0.1, 0.15) is 5.82 Å². The minimum absolute atomic E-state index is 0.180. The smallest absolute Gasteiger partial charge is 0.305 e. The topological polar surface area (TPSA) is 66.4 Å². The van der Waals surface area contributed by atoms with Crippen LogP contribution in [0, 0.1) is 32.5 Å². The van der Waals surface area contributed by atoms with Crippen LogP contribution in [0.4, 0.5) is 4.39 Å². The predicted octanol–water partition coefficient (Wildman–Crippen LogP) is 6.14. The average Bonchev–Trinajstić information content (AvgIpc) is 2.61. The number of carboxylic acid groups (broad SMARTS) is 1. The van der Waals surface area contributed by atoms with Crippen molar-refractivity contribution >= 4 is 23.5 Å². The molecule has 1 unspecified atom stereocenters. The van der Waals surface area contributed by atoms with Gasteiger partial charge >= 0.3 is 5.97 Å². The van der Waals surface area contributed by atoms with E-state index in [4.69, 9.17) is 11.6 Å². The standard InChI is InChI=1S/C24H29ClFNO3/c1-13(2)6-7-21(28)27-20(12-22(29)30)19-11-17(8-16(5)24(19)26)23-14(3)9-18(25)10-15(23)4/h8-11,13,20H,6-7,12H2,1-5H3,(H,27,28)(H,29,30). The first-order chi connectivity index (χ1) is 14.0. The number of nitrogens with one attached hydrogen (secondary N) is 1. The number of carbonyl (C=O) groups is 2. The molecule has 2 rings (SSSR count). The van der Waals surface area contributed by atoms with Crippen molar-refractivity contribution in [2.45, 2.75) is 59.9 Å². The van der Waals surface area contributed by atoms with Crippen LogP contribution in [0.2, 0.25) is 5.02 Å². The van der Waals surface area contributed by atoms with Crippen LogP contribution >= 0.6 is 11.6 Å². The second-order valence-corrected chi connectivity index (χ2v) is 8.70. The Morgan fingerprint density at radius 2 is 1.67 bits per heavy atom. The van der Waals surface area contributed by atoms with Crippen LogP contribution in [0.15, 0.2) is 24.3 Å². The predicted molar refractivity (Wildman–Crippen MR) is 118 cm³/mol. The number of carboxylic acids is 1. The van der Waals surface area contributed by atoms with Gasteiger partial charge in [0.25, 0.3) is 0 Å². The molecule has 0 bridgehead atoms. The largest absolute Gasteiger partial charge is 0.481 e. The average molecular weight is 434 g/mol. The second-order valence-electron chi connectivity index (χ2n) is 8.26. The Morgan fingerprint density at radius 1 is 1.07 bits per heavy atom. The first-order valence-corrected chi connectivity index (χ1v) is 10.5. The van der Waals surface area contributed by atoms with Gasteiger partial charge in [-0.3, -0.25) is 9.59 Å². The molecule has 0 aliphatic rings. The van der Waals surface area contributed by atoms with E-state index in [2.05, 4.69) is 5.32 Å². The van der Waals surface area contributed by atoms with Crippen LogP contribution in [0.25, 0.3) is 11.1 Å². The Labute approximate surface area is 182 Å². The maximum absolute atomic E-state index is 15.1. The minimum Gasteiger partial charge on any atom is -0.481 e. The Kier molecular flexibility index (Phi) is 8.02. The summed E-state index contributed by atoms with van der Waals surface area (Å²) in [5.41, 5.74) is 4.13. The third-order valence-corrected chi connectivity index (χ3v) is 5.33. The highest BCUT2D eigenvalue weighted by Crippen LogP contribution is 2.34. The van der Waals surface area contributed by atoms with Crippen molar-refractivity contribution in [1.29, 1.82) is 0 Å². The van der Waals surface area contributed by atoms with Crippen LogP contribution in [-0.2, 0) is 9.59 Å². The molecule has 0 saturated heterocycles. The van der Waals surface area contributed by atoms with E-state index >= 15 is 4.39 Å². The van der Waals surface area contributed by atoms with E-state index < -0.39 is 24.2 Å². The lowest BCUT2D eigenvalue weighted by atomic mass is 9.90. The first-order valence-electron chi connectivity index (χ1n) is 10.1. The van der Waals surface area contributed by atoms with E-state index in [1.807, 2.05) is 39.8 Å². The maximum Gasteiger partial charge on any atom is 0.305 e. The van der Waals surface area contributed by atoms with E-state index in [1.165, 1.54) is 0 Å². The zero-order valence-corrected chi connectivity index (χ0v) is 18.9. The summed E-state index contributed by atoms with van der Waals surface area (Å²) in [7, 11) is 0. The summed E-state index contributed by atoms with van der Waals surface area (Å²) in [6, 6.07) is 6.10. The lowest BCUT2D eigenvalue weighted by molar-refractivity contribution is -0.137. The van der Waals surface area contributed by atoms with Crippen LogP contribution in [0.1, 0.15) is 61.4 Å². The highest BCUT2D eigenvalue weighted by Gasteiger charge is 2.24. The first kappa shape index (κ1) is 23.9. The molecule has 2 aromatic carbocycles. The molecule has 2 N–H and O–H groups in total. The molecule has 1 atom stereocenters. The molecule has 0 heterocycles. The maximum atomic E-state index is 15.1. The summed E-state index contributed by atoms with van der Waals surface area (Å²) in [5.74, 6) is -1.55. The van der Waals surface area contributed by atoms with Gasteiger partial charge in [-0.25, -0.2) is 4.39 Å². The zero-order chi connectivity index (χ0) is 22.6. The van der Waals surface area contributed by atoms with Gasteiger partial charge in [0.15, 0.2) is 0 Å². The van der Waals surface area contributed by atoms with E-state index in [0.717, 1.165) is 22.3 Å². The number of carbonyl (C=O) groups excluding carboxylic acids is 1. The molecule has 0 aromatic heterocycles. The molecule has 6 heteroatoms.